The van der Waals surface area contributed by atoms with Gasteiger partial charge in [-0.3, -0.25) is 24.7 Å². The number of aromatic nitrogens is 3. The number of likely N-dealkylation sites (tertiary alicyclic amines) is 1. The lowest BCUT2D eigenvalue weighted by molar-refractivity contribution is 0.102. The number of nitrogens with one attached hydrogen (secondary N) is 2. The van der Waals surface area contributed by atoms with Crippen molar-refractivity contribution < 1.29 is 13.6 Å². The number of benzene rings is 2. The first kappa shape index (κ1) is 27.4. The van der Waals surface area contributed by atoms with E-state index in [1.54, 1.807) is 30.5 Å². The van der Waals surface area contributed by atoms with Crippen LogP contribution < -0.4 is 5.32 Å². The Kier molecular flexibility index (Phi) is 8.04. The van der Waals surface area contributed by atoms with Crippen LogP contribution >= 0.6 is 0 Å². The number of aromatic amines is 1. The van der Waals surface area contributed by atoms with E-state index >= 15 is 4.39 Å². The second-order valence-corrected chi connectivity index (χ2v) is 11.2. The average Bonchev–Trinajstić information content (AvgIpc) is 3.41. The second kappa shape index (κ2) is 12.0. The summed E-state index contributed by atoms with van der Waals surface area (Å²) in [4.78, 5) is 24.7. The molecule has 2 aliphatic rings. The average molecular weight is 560 g/mol. The van der Waals surface area contributed by atoms with Crippen molar-refractivity contribution in [1.82, 2.24) is 29.9 Å². The molecule has 0 aliphatic carbocycles. The SMILES string of the molecule is CN1CCN(Cc2ccc(NC(=O)c3n[nH]c4ccc(-c5cc(CN6CCCCC6)cc(F)c5F)cc34)cn2)CC1. The molecule has 4 aromatic rings. The number of amides is 1. The summed E-state index contributed by atoms with van der Waals surface area (Å²) in [7, 11) is 2.13. The maximum Gasteiger partial charge on any atom is 0.276 e. The summed E-state index contributed by atoms with van der Waals surface area (Å²) in [6, 6.07) is 11.9. The zero-order chi connectivity index (χ0) is 28.3. The van der Waals surface area contributed by atoms with Crippen molar-refractivity contribution in [3.05, 3.63) is 77.2 Å². The number of halogens is 2. The monoisotopic (exact) mass is 559 g/mol. The van der Waals surface area contributed by atoms with Gasteiger partial charge >= 0.3 is 0 Å². The topological polar surface area (TPSA) is 80.4 Å². The molecule has 0 unspecified atom stereocenters. The van der Waals surface area contributed by atoms with Crippen molar-refractivity contribution in [2.24, 2.45) is 0 Å². The Bertz CT molecular complexity index is 1520. The molecule has 2 aliphatic heterocycles. The van der Waals surface area contributed by atoms with Crippen LogP contribution in [0.5, 0.6) is 0 Å². The van der Waals surface area contributed by atoms with Crippen LogP contribution in [0.25, 0.3) is 22.0 Å². The molecule has 2 aromatic carbocycles. The van der Waals surface area contributed by atoms with Crippen LogP contribution in [0.15, 0.2) is 48.7 Å². The Balaban J connectivity index is 1.19. The first-order chi connectivity index (χ1) is 19.9. The number of rotatable bonds is 7. The van der Waals surface area contributed by atoms with Crippen molar-refractivity contribution in [2.75, 3.05) is 51.6 Å². The Morgan fingerprint density at radius 3 is 2.46 bits per heavy atom. The van der Waals surface area contributed by atoms with Gasteiger partial charge in [0.1, 0.15) is 0 Å². The molecule has 8 nitrogen and oxygen atoms in total. The van der Waals surface area contributed by atoms with Crippen LogP contribution in [0.3, 0.4) is 0 Å². The Morgan fingerprint density at radius 2 is 1.71 bits per heavy atom. The molecule has 6 rings (SSSR count). The van der Waals surface area contributed by atoms with Gasteiger partial charge in [0, 0.05) is 50.2 Å². The number of pyridine rings is 1. The number of likely N-dealkylation sites (N-methyl/N-ethyl adjacent to an activating group) is 1. The Morgan fingerprint density at radius 1 is 0.927 bits per heavy atom. The quantitative estimate of drug-likeness (QED) is 0.336. The highest BCUT2D eigenvalue weighted by Gasteiger charge is 2.20. The first-order valence-electron chi connectivity index (χ1n) is 14.3. The summed E-state index contributed by atoms with van der Waals surface area (Å²) in [5.41, 5.74) is 3.70. The second-order valence-electron chi connectivity index (χ2n) is 11.2. The number of hydrogen-bond acceptors (Lipinski definition) is 6. The third-order valence-electron chi connectivity index (χ3n) is 8.10. The number of hydrogen-bond donors (Lipinski definition) is 2. The number of piperazine rings is 1. The van der Waals surface area contributed by atoms with Crippen LogP contribution in [0.1, 0.15) is 41.0 Å². The summed E-state index contributed by atoms with van der Waals surface area (Å²) >= 11 is 0. The summed E-state index contributed by atoms with van der Waals surface area (Å²) < 4.78 is 29.7. The van der Waals surface area contributed by atoms with Crippen LogP contribution in [0, 0.1) is 11.6 Å². The van der Waals surface area contributed by atoms with E-state index in [2.05, 4.69) is 42.2 Å². The predicted octanol–water partition coefficient (Wildman–Crippen LogP) is 4.89. The number of nitrogens with zero attached hydrogens (tertiary/aromatic N) is 5. The number of carbonyl (C=O) groups excluding carboxylic acids is 1. The summed E-state index contributed by atoms with van der Waals surface area (Å²) in [6.45, 7) is 7.36. The summed E-state index contributed by atoms with van der Waals surface area (Å²) in [6.07, 6.45) is 5.10. The van der Waals surface area contributed by atoms with E-state index in [-0.39, 0.29) is 11.3 Å². The lowest BCUT2D eigenvalue weighted by atomic mass is 9.99. The largest absolute Gasteiger partial charge is 0.319 e. The molecular formula is C31H35F2N7O. The standard InChI is InChI=1S/C31H35F2N7O/c1-38-11-13-40(14-12-38)20-24-7-6-23(18-34-24)35-31(41)30-26-17-22(5-8-28(26)36-37-30)25-15-21(16-27(32)29(25)33)19-39-9-3-2-4-10-39/h5-8,15-18H,2-4,9-14,19-20H2,1H3,(H,35,41)(H,36,37). The summed E-state index contributed by atoms with van der Waals surface area (Å²) in [5, 5.41) is 10.5. The van der Waals surface area contributed by atoms with Crippen molar-refractivity contribution in [1.29, 1.82) is 0 Å². The molecule has 2 fully saturated rings. The molecule has 0 spiro atoms. The minimum absolute atomic E-state index is 0.173. The van der Waals surface area contributed by atoms with E-state index in [0.29, 0.717) is 28.7 Å². The third kappa shape index (κ3) is 6.29. The van der Waals surface area contributed by atoms with Gasteiger partial charge in [-0.1, -0.05) is 12.5 Å². The molecule has 2 saturated heterocycles. The van der Waals surface area contributed by atoms with Gasteiger partial charge in [0.05, 0.1) is 23.1 Å². The van der Waals surface area contributed by atoms with E-state index in [0.717, 1.165) is 69.9 Å². The molecule has 0 saturated carbocycles. The minimum Gasteiger partial charge on any atom is -0.319 e. The van der Waals surface area contributed by atoms with Crippen LogP contribution in [-0.2, 0) is 13.1 Å². The van der Waals surface area contributed by atoms with Gasteiger partial charge in [0.15, 0.2) is 17.3 Å². The van der Waals surface area contributed by atoms with Crippen LogP contribution in [0.2, 0.25) is 0 Å². The molecule has 0 bridgehead atoms. The number of piperidine rings is 1. The lowest BCUT2D eigenvalue weighted by Gasteiger charge is -2.32. The first-order valence-corrected chi connectivity index (χ1v) is 14.3. The number of carbonyl (C=O) groups is 1. The molecular weight excluding hydrogens is 524 g/mol. The molecule has 214 valence electrons. The predicted molar refractivity (Wildman–Crippen MR) is 156 cm³/mol. The van der Waals surface area contributed by atoms with Crippen molar-refractivity contribution in [3.8, 4) is 11.1 Å². The maximum absolute atomic E-state index is 15.0. The van der Waals surface area contributed by atoms with Gasteiger partial charge in [-0.25, -0.2) is 8.78 Å². The normalized spacial score (nSPS) is 17.2. The zero-order valence-electron chi connectivity index (χ0n) is 23.3. The van der Waals surface area contributed by atoms with E-state index in [4.69, 9.17) is 0 Å². The van der Waals surface area contributed by atoms with Gasteiger partial charge in [-0.05, 0) is 80.5 Å². The van der Waals surface area contributed by atoms with E-state index in [9.17, 15) is 9.18 Å². The molecule has 1 amide bonds. The molecule has 10 heteroatoms. The van der Waals surface area contributed by atoms with Crippen LogP contribution in [-0.4, -0.2) is 82.1 Å². The van der Waals surface area contributed by atoms with Crippen molar-refractivity contribution in [2.45, 2.75) is 32.4 Å². The smallest absolute Gasteiger partial charge is 0.276 e. The van der Waals surface area contributed by atoms with Gasteiger partial charge < -0.3 is 10.2 Å². The molecule has 4 heterocycles. The minimum atomic E-state index is -0.899. The van der Waals surface area contributed by atoms with Crippen molar-refractivity contribution >= 4 is 22.5 Å². The highest BCUT2D eigenvalue weighted by molar-refractivity contribution is 6.11. The highest BCUT2D eigenvalue weighted by Crippen LogP contribution is 2.30. The van der Waals surface area contributed by atoms with Gasteiger partial charge in [-0.15, -0.1) is 0 Å². The van der Waals surface area contributed by atoms with Gasteiger partial charge in [0.25, 0.3) is 5.91 Å². The molecule has 2 aromatic heterocycles. The molecule has 0 atom stereocenters. The number of anilines is 1. The fraction of sp³-hybridized carbons (Fsp3) is 0.387. The van der Waals surface area contributed by atoms with Gasteiger partial charge in [0.2, 0.25) is 0 Å². The Hall–Kier alpha value is -3.73. The number of fused-ring (bicyclic) bond motifs is 1. The van der Waals surface area contributed by atoms with E-state index in [1.807, 2.05) is 12.1 Å². The summed E-state index contributed by atoms with van der Waals surface area (Å²) in [5.74, 6) is -2.18. The van der Waals surface area contributed by atoms with E-state index < -0.39 is 17.5 Å². The zero-order valence-corrected chi connectivity index (χ0v) is 23.3. The molecule has 41 heavy (non-hydrogen) atoms. The van der Waals surface area contributed by atoms with Crippen LogP contribution in [0.4, 0.5) is 14.5 Å². The highest BCUT2D eigenvalue weighted by atomic mass is 19.2. The Labute approximate surface area is 238 Å². The third-order valence-corrected chi connectivity index (χ3v) is 8.10. The lowest BCUT2D eigenvalue weighted by Crippen LogP contribution is -2.43. The van der Waals surface area contributed by atoms with Crippen molar-refractivity contribution in [3.63, 3.8) is 0 Å². The fourth-order valence-corrected chi connectivity index (χ4v) is 5.69. The molecule has 2 N–H and O–H groups in total. The van der Waals surface area contributed by atoms with E-state index in [1.165, 1.54) is 12.5 Å². The van der Waals surface area contributed by atoms with Gasteiger partial charge in [-0.2, -0.15) is 5.10 Å². The number of H-pyrrole nitrogens is 1. The fourth-order valence-electron chi connectivity index (χ4n) is 5.69. The molecule has 0 radical (unpaired) electrons. The maximum atomic E-state index is 15.0.